The molecule has 0 fully saturated rings. The lowest BCUT2D eigenvalue weighted by Crippen LogP contribution is -2.15. The van der Waals surface area contributed by atoms with E-state index in [0.29, 0.717) is 5.75 Å². The second-order valence-corrected chi connectivity index (χ2v) is 3.73. The third-order valence-corrected chi connectivity index (χ3v) is 2.55. The van der Waals surface area contributed by atoms with Crippen LogP contribution in [0.15, 0.2) is 36.7 Å². The Hall–Kier alpha value is -2.63. The summed E-state index contributed by atoms with van der Waals surface area (Å²) in [5, 5.41) is 2.43. The number of rotatable bonds is 3. The van der Waals surface area contributed by atoms with Crippen LogP contribution >= 0.6 is 0 Å². The largest absolute Gasteiger partial charge is 0.495 e. The van der Waals surface area contributed by atoms with Crippen LogP contribution in [-0.4, -0.2) is 18.0 Å². The molecule has 0 aliphatic heterocycles. The van der Waals surface area contributed by atoms with Crippen LogP contribution in [-0.2, 0) is 0 Å². The number of nitrogens with two attached hydrogens (primary N) is 1. The molecule has 1 aromatic carbocycles. The molecular formula is C13H12FN3O2. The highest BCUT2D eigenvalue weighted by Gasteiger charge is 2.14. The van der Waals surface area contributed by atoms with Gasteiger partial charge < -0.3 is 15.8 Å². The van der Waals surface area contributed by atoms with E-state index in [0.717, 1.165) is 6.20 Å². The van der Waals surface area contributed by atoms with Gasteiger partial charge in [0.05, 0.1) is 30.2 Å². The minimum atomic E-state index is -0.614. The number of carbonyl (C=O) groups is 1. The molecule has 0 saturated heterocycles. The van der Waals surface area contributed by atoms with Gasteiger partial charge in [-0.05, 0) is 18.2 Å². The molecule has 0 radical (unpaired) electrons. The van der Waals surface area contributed by atoms with Gasteiger partial charge >= 0.3 is 0 Å². The summed E-state index contributed by atoms with van der Waals surface area (Å²) in [6.07, 6.45) is 2.40. The minimum Gasteiger partial charge on any atom is -0.495 e. The molecule has 98 valence electrons. The highest BCUT2D eigenvalue weighted by atomic mass is 19.1. The number of nitrogens with one attached hydrogen (secondary N) is 1. The molecule has 0 aliphatic rings. The lowest BCUT2D eigenvalue weighted by molar-refractivity contribution is 0.102. The van der Waals surface area contributed by atoms with E-state index in [1.54, 1.807) is 12.1 Å². The number of methoxy groups -OCH3 is 1. The topological polar surface area (TPSA) is 77.2 Å². The van der Waals surface area contributed by atoms with E-state index in [-0.39, 0.29) is 16.9 Å². The van der Waals surface area contributed by atoms with Gasteiger partial charge in [-0.1, -0.05) is 6.07 Å². The Labute approximate surface area is 109 Å². The van der Waals surface area contributed by atoms with Crippen LogP contribution in [0, 0.1) is 5.82 Å². The average molecular weight is 261 g/mol. The highest BCUT2D eigenvalue weighted by Crippen LogP contribution is 2.25. The summed E-state index contributed by atoms with van der Waals surface area (Å²) in [4.78, 5) is 15.6. The quantitative estimate of drug-likeness (QED) is 0.829. The van der Waals surface area contributed by atoms with Crippen LogP contribution in [0.3, 0.4) is 0 Å². The lowest BCUT2D eigenvalue weighted by Gasteiger charge is -2.10. The number of hydrogen-bond acceptors (Lipinski definition) is 4. The fourth-order valence-electron chi connectivity index (χ4n) is 1.59. The van der Waals surface area contributed by atoms with Crippen molar-refractivity contribution >= 4 is 17.3 Å². The molecule has 0 aliphatic carbocycles. The van der Waals surface area contributed by atoms with Gasteiger partial charge in [0.2, 0.25) is 0 Å². The van der Waals surface area contributed by atoms with Crippen LogP contribution < -0.4 is 15.8 Å². The van der Waals surface area contributed by atoms with Crippen molar-refractivity contribution in [3.8, 4) is 5.75 Å². The van der Waals surface area contributed by atoms with E-state index >= 15 is 0 Å². The van der Waals surface area contributed by atoms with Crippen molar-refractivity contribution in [2.75, 3.05) is 18.2 Å². The third-order valence-electron chi connectivity index (χ3n) is 2.55. The number of nitrogens with zero attached hydrogens (tertiary/aromatic N) is 1. The number of aromatic nitrogens is 1. The van der Waals surface area contributed by atoms with E-state index in [2.05, 4.69) is 10.3 Å². The molecule has 19 heavy (non-hydrogen) atoms. The van der Waals surface area contributed by atoms with E-state index in [4.69, 9.17) is 10.5 Å². The van der Waals surface area contributed by atoms with Crippen molar-refractivity contribution < 1.29 is 13.9 Å². The predicted molar refractivity (Wildman–Crippen MR) is 69.6 cm³/mol. The normalized spacial score (nSPS) is 10.0. The zero-order valence-electron chi connectivity index (χ0n) is 10.2. The summed E-state index contributed by atoms with van der Waals surface area (Å²) in [6.45, 7) is 0. The molecule has 3 N–H and O–H groups in total. The summed E-state index contributed by atoms with van der Waals surface area (Å²) in [6, 6.07) is 6.17. The number of anilines is 2. The Kier molecular flexibility index (Phi) is 3.61. The molecule has 0 saturated carbocycles. The van der Waals surface area contributed by atoms with Crippen molar-refractivity contribution in [2.24, 2.45) is 0 Å². The van der Waals surface area contributed by atoms with Gasteiger partial charge in [-0.2, -0.15) is 0 Å². The first-order valence-corrected chi connectivity index (χ1v) is 5.47. The second-order valence-electron chi connectivity index (χ2n) is 3.73. The molecule has 1 aromatic heterocycles. The maximum absolute atomic E-state index is 13.4. The number of amides is 1. The summed E-state index contributed by atoms with van der Waals surface area (Å²) in [7, 11) is 1.45. The van der Waals surface area contributed by atoms with Crippen LogP contribution in [0.5, 0.6) is 5.75 Å². The van der Waals surface area contributed by atoms with Crippen LogP contribution in [0.4, 0.5) is 15.8 Å². The first-order chi connectivity index (χ1) is 9.13. The van der Waals surface area contributed by atoms with E-state index < -0.39 is 11.7 Å². The van der Waals surface area contributed by atoms with Gasteiger partial charge in [-0.3, -0.25) is 9.78 Å². The average Bonchev–Trinajstić information content (AvgIpc) is 2.41. The Balaban J connectivity index is 2.28. The number of nitrogen functional groups attached to an aromatic ring is 1. The summed E-state index contributed by atoms with van der Waals surface area (Å²) < 4.78 is 18.4. The number of carbonyl (C=O) groups excluding carboxylic acids is 1. The van der Waals surface area contributed by atoms with Crippen molar-refractivity contribution in [3.05, 3.63) is 48.0 Å². The Morgan fingerprint density at radius 2 is 2.21 bits per heavy atom. The van der Waals surface area contributed by atoms with E-state index in [9.17, 15) is 9.18 Å². The maximum atomic E-state index is 13.4. The molecule has 0 bridgehead atoms. The Morgan fingerprint density at radius 3 is 2.89 bits per heavy atom. The van der Waals surface area contributed by atoms with E-state index in [1.165, 1.54) is 25.4 Å². The molecule has 5 nitrogen and oxygen atoms in total. The summed E-state index contributed by atoms with van der Waals surface area (Å²) in [5.74, 6) is -0.735. The Morgan fingerprint density at radius 1 is 1.42 bits per heavy atom. The van der Waals surface area contributed by atoms with E-state index in [1.807, 2.05) is 0 Å². The highest BCUT2D eigenvalue weighted by molar-refractivity contribution is 6.08. The molecule has 0 spiro atoms. The van der Waals surface area contributed by atoms with Gasteiger partial charge in [0.1, 0.15) is 5.75 Å². The standard InChI is InChI=1S/C13H12FN3O2/c1-19-11-4-2-3-8(12(11)15)13(18)17-10-5-6-16-7-9(10)14/h2-7H,15H2,1H3,(H,16,17,18). The van der Waals surface area contributed by atoms with Gasteiger partial charge in [0.15, 0.2) is 5.82 Å². The van der Waals surface area contributed by atoms with Crippen molar-refractivity contribution in [3.63, 3.8) is 0 Å². The lowest BCUT2D eigenvalue weighted by atomic mass is 10.1. The zero-order chi connectivity index (χ0) is 13.8. The summed E-state index contributed by atoms with van der Waals surface area (Å²) in [5.41, 5.74) is 6.26. The zero-order valence-corrected chi connectivity index (χ0v) is 10.2. The summed E-state index contributed by atoms with van der Waals surface area (Å²) >= 11 is 0. The third kappa shape index (κ3) is 2.62. The predicted octanol–water partition coefficient (Wildman–Crippen LogP) is 2.06. The fraction of sp³-hybridized carbons (Fsp3) is 0.0769. The minimum absolute atomic E-state index is 0.0437. The maximum Gasteiger partial charge on any atom is 0.257 e. The number of pyridine rings is 1. The second kappa shape index (κ2) is 5.34. The van der Waals surface area contributed by atoms with Gasteiger partial charge in [0.25, 0.3) is 5.91 Å². The van der Waals surface area contributed by atoms with Crippen molar-refractivity contribution in [2.45, 2.75) is 0 Å². The number of ether oxygens (including phenoxy) is 1. The molecule has 1 amide bonds. The number of para-hydroxylation sites is 1. The van der Waals surface area contributed by atoms with Crippen LogP contribution in [0.2, 0.25) is 0 Å². The first kappa shape index (κ1) is 12.8. The first-order valence-electron chi connectivity index (χ1n) is 5.47. The molecular weight excluding hydrogens is 249 g/mol. The van der Waals surface area contributed by atoms with Crippen LogP contribution in [0.1, 0.15) is 10.4 Å². The SMILES string of the molecule is COc1cccc(C(=O)Nc2ccncc2F)c1N. The van der Waals surface area contributed by atoms with Gasteiger partial charge in [-0.25, -0.2) is 4.39 Å². The van der Waals surface area contributed by atoms with Crippen molar-refractivity contribution in [1.29, 1.82) is 0 Å². The molecule has 0 atom stereocenters. The Bertz CT molecular complexity index is 617. The van der Waals surface area contributed by atoms with Gasteiger partial charge in [0, 0.05) is 6.20 Å². The van der Waals surface area contributed by atoms with Crippen molar-refractivity contribution in [1.82, 2.24) is 4.98 Å². The van der Waals surface area contributed by atoms with Gasteiger partial charge in [-0.15, -0.1) is 0 Å². The monoisotopic (exact) mass is 261 g/mol. The molecule has 0 unspecified atom stereocenters. The number of benzene rings is 1. The number of hydrogen-bond donors (Lipinski definition) is 2. The smallest absolute Gasteiger partial charge is 0.257 e. The molecule has 1 heterocycles. The molecule has 2 rings (SSSR count). The van der Waals surface area contributed by atoms with Crippen LogP contribution in [0.25, 0.3) is 0 Å². The molecule has 6 heteroatoms. The molecule has 2 aromatic rings. The fourth-order valence-corrected chi connectivity index (χ4v) is 1.59. The number of halogens is 1.